The molecule has 0 radical (unpaired) electrons. The molecule has 1 aliphatic carbocycles. The fourth-order valence-corrected chi connectivity index (χ4v) is 3.89. The van der Waals surface area contributed by atoms with E-state index in [9.17, 15) is 13.2 Å². The van der Waals surface area contributed by atoms with Crippen molar-refractivity contribution in [1.29, 1.82) is 0 Å². The minimum Gasteiger partial charge on any atom is -0.322 e. The lowest BCUT2D eigenvalue weighted by atomic mass is 10.0. The molecule has 3 rings (SSSR count). The van der Waals surface area contributed by atoms with E-state index in [1.165, 1.54) is 11.8 Å². The average Bonchev–Trinajstić information content (AvgIpc) is 2.96. The summed E-state index contributed by atoms with van der Waals surface area (Å²) in [7, 11) is -3.16. The summed E-state index contributed by atoms with van der Waals surface area (Å²) in [6, 6.07) is 12.8. The van der Waals surface area contributed by atoms with E-state index in [4.69, 9.17) is 0 Å². The number of nitrogens with one attached hydrogen (secondary N) is 1. The molecule has 23 heavy (non-hydrogen) atoms. The standard InChI is InChI=1S/C18H19NO3S/c1-23(21,22)12-14-6-2-3-11-17(14)19-18(20)16-10-5-8-13-7-4-9-15(13)16/h2-3,5-6,8,10-11H,4,7,9,12H2,1H3,(H,19,20). The molecular weight excluding hydrogens is 310 g/mol. The second-order valence-corrected chi connectivity index (χ2v) is 8.12. The van der Waals surface area contributed by atoms with E-state index in [0.717, 1.165) is 24.8 Å². The molecular formula is C18H19NO3S. The highest BCUT2D eigenvalue weighted by Crippen LogP contribution is 2.26. The first-order valence-electron chi connectivity index (χ1n) is 7.62. The van der Waals surface area contributed by atoms with Gasteiger partial charge in [0.05, 0.1) is 5.75 Å². The minimum atomic E-state index is -3.16. The number of anilines is 1. The van der Waals surface area contributed by atoms with E-state index in [2.05, 4.69) is 11.4 Å². The molecule has 1 N–H and O–H groups in total. The molecule has 4 nitrogen and oxygen atoms in total. The molecule has 0 fully saturated rings. The Labute approximate surface area is 136 Å². The first kappa shape index (κ1) is 15.7. The van der Waals surface area contributed by atoms with Crippen molar-refractivity contribution in [3.05, 3.63) is 64.7 Å². The number of fused-ring (bicyclic) bond motifs is 1. The maximum atomic E-state index is 12.6. The zero-order chi connectivity index (χ0) is 16.4. The molecule has 2 aromatic rings. The van der Waals surface area contributed by atoms with Crippen LogP contribution in [0.1, 0.15) is 33.5 Å². The van der Waals surface area contributed by atoms with Gasteiger partial charge in [0, 0.05) is 17.5 Å². The molecule has 2 aromatic carbocycles. The van der Waals surface area contributed by atoms with E-state index in [0.29, 0.717) is 16.8 Å². The summed E-state index contributed by atoms with van der Waals surface area (Å²) < 4.78 is 23.1. The first-order chi connectivity index (χ1) is 10.9. The van der Waals surface area contributed by atoms with Crippen molar-refractivity contribution in [2.75, 3.05) is 11.6 Å². The van der Waals surface area contributed by atoms with Gasteiger partial charge in [0.15, 0.2) is 9.84 Å². The highest BCUT2D eigenvalue weighted by Gasteiger charge is 2.19. The van der Waals surface area contributed by atoms with Gasteiger partial charge in [-0.1, -0.05) is 30.3 Å². The molecule has 0 aromatic heterocycles. The molecule has 0 heterocycles. The molecule has 1 aliphatic rings. The van der Waals surface area contributed by atoms with Gasteiger partial charge < -0.3 is 5.32 Å². The molecule has 0 saturated carbocycles. The molecule has 0 aliphatic heterocycles. The van der Waals surface area contributed by atoms with Crippen molar-refractivity contribution in [3.63, 3.8) is 0 Å². The first-order valence-corrected chi connectivity index (χ1v) is 9.68. The average molecular weight is 329 g/mol. The van der Waals surface area contributed by atoms with E-state index in [-0.39, 0.29) is 11.7 Å². The fourth-order valence-electron chi connectivity index (χ4n) is 3.07. The number of hydrogen-bond donors (Lipinski definition) is 1. The quantitative estimate of drug-likeness (QED) is 0.938. The number of rotatable bonds is 4. The number of aryl methyl sites for hydroxylation is 1. The van der Waals surface area contributed by atoms with Gasteiger partial charge in [-0.3, -0.25) is 4.79 Å². The number of para-hydroxylation sites is 1. The van der Waals surface area contributed by atoms with Crippen molar-refractivity contribution in [2.24, 2.45) is 0 Å². The van der Waals surface area contributed by atoms with Crippen LogP contribution in [0.15, 0.2) is 42.5 Å². The van der Waals surface area contributed by atoms with Crippen LogP contribution in [0, 0.1) is 0 Å². The highest BCUT2D eigenvalue weighted by atomic mass is 32.2. The van der Waals surface area contributed by atoms with Gasteiger partial charge in [-0.25, -0.2) is 8.42 Å². The summed E-state index contributed by atoms with van der Waals surface area (Å²) in [6.07, 6.45) is 4.20. The monoisotopic (exact) mass is 329 g/mol. The Morgan fingerprint density at radius 1 is 1.09 bits per heavy atom. The van der Waals surface area contributed by atoms with Crippen LogP contribution < -0.4 is 5.32 Å². The maximum Gasteiger partial charge on any atom is 0.255 e. The van der Waals surface area contributed by atoms with Gasteiger partial charge >= 0.3 is 0 Å². The molecule has 5 heteroatoms. The fraction of sp³-hybridized carbons (Fsp3) is 0.278. The van der Waals surface area contributed by atoms with Crippen molar-refractivity contribution in [3.8, 4) is 0 Å². The smallest absolute Gasteiger partial charge is 0.255 e. The SMILES string of the molecule is CS(=O)(=O)Cc1ccccc1NC(=O)c1cccc2c1CCC2. The van der Waals surface area contributed by atoms with Crippen molar-refractivity contribution >= 4 is 21.4 Å². The third-order valence-corrected chi connectivity index (χ3v) is 4.91. The minimum absolute atomic E-state index is 0.0870. The zero-order valence-corrected chi connectivity index (χ0v) is 13.8. The van der Waals surface area contributed by atoms with Crippen LogP contribution in [0.4, 0.5) is 5.69 Å². The lowest BCUT2D eigenvalue weighted by Gasteiger charge is -2.12. The van der Waals surface area contributed by atoms with Crippen LogP contribution in [0.25, 0.3) is 0 Å². The van der Waals surface area contributed by atoms with Crippen molar-refractivity contribution in [1.82, 2.24) is 0 Å². The maximum absolute atomic E-state index is 12.6. The van der Waals surface area contributed by atoms with Gasteiger partial charge in [-0.15, -0.1) is 0 Å². The summed E-state index contributed by atoms with van der Waals surface area (Å²) in [5, 5.41) is 2.88. The third-order valence-electron chi connectivity index (χ3n) is 4.07. The lowest BCUT2D eigenvalue weighted by molar-refractivity contribution is 0.102. The predicted molar refractivity (Wildman–Crippen MR) is 91.4 cm³/mol. The number of hydrogen-bond acceptors (Lipinski definition) is 3. The molecule has 0 saturated heterocycles. The van der Waals surface area contributed by atoms with Crippen LogP contribution >= 0.6 is 0 Å². The molecule has 0 atom stereocenters. The number of benzene rings is 2. The lowest BCUT2D eigenvalue weighted by Crippen LogP contribution is -2.16. The topological polar surface area (TPSA) is 63.2 Å². The summed E-state index contributed by atoms with van der Waals surface area (Å²) in [4.78, 5) is 12.6. The second-order valence-electron chi connectivity index (χ2n) is 5.98. The van der Waals surface area contributed by atoms with E-state index in [1.54, 1.807) is 24.3 Å². The Kier molecular flexibility index (Phi) is 4.22. The molecule has 0 bridgehead atoms. The largest absolute Gasteiger partial charge is 0.322 e. The van der Waals surface area contributed by atoms with E-state index >= 15 is 0 Å². The van der Waals surface area contributed by atoms with Crippen molar-refractivity contribution in [2.45, 2.75) is 25.0 Å². The Morgan fingerprint density at radius 2 is 1.87 bits per heavy atom. The number of amides is 1. The second kappa shape index (κ2) is 6.16. The Morgan fingerprint density at radius 3 is 2.65 bits per heavy atom. The summed E-state index contributed by atoms with van der Waals surface area (Å²) in [5.74, 6) is -0.263. The van der Waals surface area contributed by atoms with Crippen molar-refractivity contribution < 1.29 is 13.2 Å². The van der Waals surface area contributed by atoms with Gasteiger partial charge in [0.25, 0.3) is 5.91 Å². The Balaban J connectivity index is 1.89. The van der Waals surface area contributed by atoms with Crippen LogP contribution in [-0.4, -0.2) is 20.6 Å². The zero-order valence-electron chi connectivity index (χ0n) is 13.0. The summed E-state index contributed by atoms with van der Waals surface area (Å²) >= 11 is 0. The van der Waals surface area contributed by atoms with Gasteiger partial charge in [-0.05, 0) is 48.1 Å². The predicted octanol–water partition coefficient (Wildman–Crippen LogP) is 2.97. The van der Waals surface area contributed by atoms with Crippen LogP contribution in [0.2, 0.25) is 0 Å². The number of carbonyl (C=O) groups excluding carboxylic acids is 1. The van der Waals surface area contributed by atoms with Gasteiger partial charge in [0.2, 0.25) is 0 Å². The van der Waals surface area contributed by atoms with Crippen LogP contribution in [0.5, 0.6) is 0 Å². The van der Waals surface area contributed by atoms with Gasteiger partial charge in [-0.2, -0.15) is 0 Å². The third kappa shape index (κ3) is 3.62. The van der Waals surface area contributed by atoms with Gasteiger partial charge in [0.1, 0.15) is 0 Å². The van der Waals surface area contributed by atoms with E-state index < -0.39 is 9.84 Å². The summed E-state index contributed by atoms with van der Waals surface area (Å²) in [6.45, 7) is 0. The Bertz CT molecular complexity index is 856. The highest BCUT2D eigenvalue weighted by molar-refractivity contribution is 7.89. The normalized spacial score (nSPS) is 13.6. The summed E-state index contributed by atoms with van der Waals surface area (Å²) in [5.41, 5.74) is 4.20. The Hall–Kier alpha value is -2.14. The number of sulfone groups is 1. The molecule has 1 amide bonds. The molecule has 0 spiro atoms. The van der Waals surface area contributed by atoms with Crippen LogP contribution in [-0.2, 0) is 28.4 Å². The number of carbonyl (C=O) groups is 1. The van der Waals surface area contributed by atoms with Crippen LogP contribution in [0.3, 0.4) is 0 Å². The molecule has 0 unspecified atom stereocenters. The van der Waals surface area contributed by atoms with E-state index in [1.807, 2.05) is 12.1 Å². The molecule has 120 valence electrons.